The maximum Gasteiger partial charge on any atom is 0.181 e. The van der Waals surface area contributed by atoms with Crippen molar-refractivity contribution in [2.24, 2.45) is 5.92 Å². The fourth-order valence-electron chi connectivity index (χ4n) is 4.34. The molecule has 0 bridgehead atoms. The molecule has 0 aliphatic heterocycles. The first-order chi connectivity index (χ1) is 13.9. The molecule has 2 aromatic carbocycles. The molecule has 6 heteroatoms. The smallest absolute Gasteiger partial charge is 0.181 e. The van der Waals surface area contributed by atoms with Gasteiger partial charge < -0.3 is 5.32 Å². The van der Waals surface area contributed by atoms with Crippen LogP contribution >= 0.6 is 11.6 Å². The molecule has 0 spiro atoms. The summed E-state index contributed by atoms with van der Waals surface area (Å²) < 4.78 is 1.87. The number of hydrogen-bond acceptors (Lipinski definition) is 4. The van der Waals surface area contributed by atoms with Crippen LogP contribution in [-0.4, -0.2) is 20.2 Å². The molecule has 29 heavy (non-hydrogen) atoms. The zero-order valence-corrected chi connectivity index (χ0v) is 18.3. The Hall–Kier alpha value is -2.40. The van der Waals surface area contributed by atoms with Crippen LogP contribution in [-0.2, 0) is 5.54 Å². The lowest BCUT2D eigenvalue weighted by molar-refractivity contribution is 0.255. The highest BCUT2D eigenvalue weighted by molar-refractivity contribution is 6.31. The molecule has 0 unspecified atom stereocenters. The van der Waals surface area contributed by atoms with Gasteiger partial charge in [0, 0.05) is 10.7 Å². The van der Waals surface area contributed by atoms with Crippen LogP contribution in [0.4, 0.5) is 5.69 Å². The Labute approximate surface area is 177 Å². The van der Waals surface area contributed by atoms with E-state index in [4.69, 9.17) is 11.6 Å². The maximum absolute atomic E-state index is 6.39. The zero-order valence-electron chi connectivity index (χ0n) is 17.5. The number of anilines is 1. The first-order valence-corrected chi connectivity index (χ1v) is 10.7. The summed E-state index contributed by atoms with van der Waals surface area (Å²) in [6.07, 6.45) is 4.25. The summed E-state index contributed by atoms with van der Waals surface area (Å²) >= 11 is 6.39. The first kappa shape index (κ1) is 19.9. The van der Waals surface area contributed by atoms with Crippen molar-refractivity contribution in [1.29, 1.82) is 0 Å². The Kier molecular flexibility index (Phi) is 5.34. The predicted octanol–water partition coefficient (Wildman–Crippen LogP) is 5.76. The number of hydrogen-bond donors (Lipinski definition) is 1. The standard InChI is InChI=1S/C23H28ClN5/c1-15-10-12-23(13-11-15,25-20-9-8-16(2)14-17(20)3)22-26-27-28-29(22)21-7-5-6-19(24)18(21)4/h5-9,14-15,25H,10-13H2,1-4H3. The van der Waals surface area contributed by atoms with Gasteiger partial charge in [-0.15, -0.1) is 5.10 Å². The molecule has 1 heterocycles. The minimum atomic E-state index is -0.315. The molecule has 4 rings (SSSR count). The zero-order chi connectivity index (χ0) is 20.6. The highest BCUT2D eigenvalue weighted by Gasteiger charge is 2.41. The van der Waals surface area contributed by atoms with E-state index in [-0.39, 0.29) is 5.54 Å². The quantitative estimate of drug-likeness (QED) is 0.595. The van der Waals surface area contributed by atoms with Gasteiger partial charge in [-0.1, -0.05) is 42.3 Å². The van der Waals surface area contributed by atoms with Crippen LogP contribution in [0.25, 0.3) is 5.69 Å². The Morgan fingerprint density at radius 1 is 1.10 bits per heavy atom. The highest BCUT2D eigenvalue weighted by atomic mass is 35.5. The van der Waals surface area contributed by atoms with Gasteiger partial charge in [-0.25, -0.2) is 0 Å². The summed E-state index contributed by atoms with van der Waals surface area (Å²) in [5, 5.41) is 17.5. The molecule has 1 aromatic heterocycles. The molecule has 1 aliphatic carbocycles. The molecule has 5 nitrogen and oxygen atoms in total. The fourth-order valence-corrected chi connectivity index (χ4v) is 4.51. The van der Waals surface area contributed by atoms with Crippen molar-refractivity contribution in [3.63, 3.8) is 0 Å². The third kappa shape index (κ3) is 3.76. The Balaban J connectivity index is 1.81. The first-order valence-electron chi connectivity index (χ1n) is 10.3. The highest BCUT2D eigenvalue weighted by Crippen LogP contribution is 2.42. The third-order valence-electron chi connectivity index (χ3n) is 6.25. The summed E-state index contributed by atoms with van der Waals surface area (Å²) in [6, 6.07) is 12.4. The molecule has 0 saturated heterocycles. The number of nitrogens with one attached hydrogen (secondary N) is 1. The number of aryl methyl sites for hydroxylation is 2. The second kappa shape index (κ2) is 7.79. The predicted molar refractivity (Wildman–Crippen MR) is 118 cm³/mol. The van der Waals surface area contributed by atoms with Gasteiger partial charge in [0.15, 0.2) is 5.82 Å². The lowest BCUT2D eigenvalue weighted by atomic mass is 9.76. The molecule has 1 saturated carbocycles. The Bertz CT molecular complexity index is 1020. The van der Waals surface area contributed by atoms with E-state index in [1.165, 1.54) is 11.1 Å². The van der Waals surface area contributed by atoms with Gasteiger partial charge in [-0.3, -0.25) is 0 Å². The van der Waals surface area contributed by atoms with Crippen LogP contribution in [0.3, 0.4) is 0 Å². The van der Waals surface area contributed by atoms with Crippen molar-refractivity contribution >= 4 is 17.3 Å². The average Bonchev–Trinajstić information content (AvgIpc) is 3.18. The van der Waals surface area contributed by atoms with Crippen molar-refractivity contribution in [1.82, 2.24) is 20.2 Å². The summed E-state index contributed by atoms with van der Waals surface area (Å²) in [6.45, 7) is 8.61. The van der Waals surface area contributed by atoms with Crippen LogP contribution in [0, 0.1) is 26.7 Å². The van der Waals surface area contributed by atoms with Crippen molar-refractivity contribution in [3.05, 3.63) is 63.9 Å². The number of nitrogens with zero attached hydrogens (tertiary/aromatic N) is 4. The second-order valence-electron chi connectivity index (χ2n) is 8.51. The average molecular weight is 410 g/mol. The van der Waals surface area contributed by atoms with Crippen LogP contribution in [0.2, 0.25) is 5.02 Å². The topological polar surface area (TPSA) is 55.6 Å². The molecule has 0 amide bonds. The molecule has 152 valence electrons. The van der Waals surface area contributed by atoms with Crippen molar-refractivity contribution in [2.45, 2.75) is 58.9 Å². The minimum Gasteiger partial charge on any atom is -0.372 e. The van der Waals surface area contributed by atoms with Crippen LogP contribution in [0.15, 0.2) is 36.4 Å². The van der Waals surface area contributed by atoms with Crippen LogP contribution in [0.1, 0.15) is 55.1 Å². The second-order valence-corrected chi connectivity index (χ2v) is 8.91. The number of halogens is 1. The van der Waals surface area contributed by atoms with Gasteiger partial charge in [0.2, 0.25) is 0 Å². The molecular weight excluding hydrogens is 382 g/mol. The van der Waals surface area contributed by atoms with Crippen molar-refractivity contribution in [3.8, 4) is 5.69 Å². The third-order valence-corrected chi connectivity index (χ3v) is 6.66. The molecule has 1 aliphatic rings. The Morgan fingerprint density at radius 2 is 1.86 bits per heavy atom. The normalized spacial score (nSPS) is 21.9. The van der Waals surface area contributed by atoms with Crippen molar-refractivity contribution in [2.75, 3.05) is 5.32 Å². The lowest BCUT2D eigenvalue weighted by Gasteiger charge is -2.40. The largest absolute Gasteiger partial charge is 0.372 e. The monoisotopic (exact) mass is 409 g/mol. The van der Waals surface area contributed by atoms with Crippen molar-refractivity contribution < 1.29 is 0 Å². The molecule has 0 radical (unpaired) electrons. The van der Waals surface area contributed by atoms with Crippen LogP contribution < -0.4 is 5.32 Å². The van der Waals surface area contributed by atoms with Gasteiger partial charge in [0.25, 0.3) is 0 Å². The number of tetrazole rings is 1. The van der Waals surface area contributed by atoms with Gasteiger partial charge in [0.05, 0.1) is 11.2 Å². The van der Waals surface area contributed by atoms with E-state index in [0.29, 0.717) is 5.92 Å². The fraction of sp³-hybridized carbons (Fsp3) is 0.435. The minimum absolute atomic E-state index is 0.315. The van der Waals surface area contributed by atoms with E-state index in [1.54, 1.807) is 0 Å². The maximum atomic E-state index is 6.39. The van der Waals surface area contributed by atoms with Gasteiger partial charge in [-0.05, 0) is 92.1 Å². The van der Waals surface area contributed by atoms with Crippen LogP contribution in [0.5, 0.6) is 0 Å². The van der Waals surface area contributed by atoms with Gasteiger partial charge in [-0.2, -0.15) is 4.68 Å². The van der Waals surface area contributed by atoms with E-state index in [9.17, 15) is 0 Å². The van der Waals surface area contributed by atoms with Gasteiger partial charge >= 0.3 is 0 Å². The van der Waals surface area contributed by atoms with E-state index in [1.807, 2.05) is 29.8 Å². The van der Waals surface area contributed by atoms with E-state index >= 15 is 0 Å². The molecule has 3 aromatic rings. The van der Waals surface area contributed by atoms with E-state index < -0.39 is 0 Å². The van der Waals surface area contributed by atoms with Gasteiger partial charge in [0.1, 0.15) is 0 Å². The molecule has 0 atom stereocenters. The summed E-state index contributed by atoms with van der Waals surface area (Å²) in [7, 11) is 0. The number of rotatable bonds is 4. The lowest BCUT2D eigenvalue weighted by Crippen LogP contribution is -2.41. The number of benzene rings is 2. The Morgan fingerprint density at radius 3 is 2.59 bits per heavy atom. The summed E-state index contributed by atoms with van der Waals surface area (Å²) in [5.41, 5.74) is 5.24. The SMILES string of the molecule is Cc1ccc(NC2(c3nnnn3-c3cccc(Cl)c3C)CCC(C)CC2)c(C)c1. The summed E-state index contributed by atoms with van der Waals surface area (Å²) in [4.78, 5) is 0. The number of aromatic nitrogens is 4. The molecular formula is C23H28ClN5. The molecule has 1 fully saturated rings. The summed E-state index contributed by atoms with van der Waals surface area (Å²) in [5.74, 6) is 1.57. The van der Waals surface area contributed by atoms with E-state index in [0.717, 1.165) is 53.5 Å². The van der Waals surface area contributed by atoms with E-state index in [2.05, 4.69) is 59.8 Å². The molecule has 1 N–H and O–H groups in total.